The van der Waals surface area contributed by atoms with E-state index in [2.05, 4.69) is 43.8 Å². The maximum Gasteiger partial charge on any atom is 0.262 e. The smallest absolute Gasteiger partial charge is 0.262 e. The molecule has 0 aromatic heterocycles. The van der Waals surface area contributed by atoms with Crippen molar-refractivity contribution < 1.29 is 19.0 Å². The van der Waals surface area contributed by atoms with E-state index in [1.807, 2.05) is 61.5 Å². The summed E-state index contributed by atoms with van der Waals surface area (Å²) >= 11 is 5.81. The number of nitrogens with zero attached hydrogens (tertiary/aromatic N) is 1. The van der Waals surface area contributed by atoms with E-state index in [-0.39, 0.29) is 5.57 Å². The molecule has 0 heterocycles. The number of halogens is 2. The summed E-state index contributed by atoms with van der Waals surface area (Å²) in [4.78, 5) is 12.6. The summed E-state index contributed by atoms with van der Waals surface area (Å²) < 4.78 is 18.8. The summed E-state index contributed by atoms with van der Waals surface area (Å²) in [6.07, 6.45) is 1.53. The third-order valence-corrected chi connectivity index (χ3v) is 6.22. The number of methoxy groups -OCH3 is 1. The fourth-order valence-corrected chi connectivity index (χ4v) is 4.08. The van der Waals surface area contributed by atoms with Crippen molar-refractivity contribution >= 4 is 50.5 Å². The summed E-state index contributed by atoms with van der Waals surface area (Å²) in [6.45, 7) is 2.99. The van der Waals surface area contributed by atoms with Gasteiger partial charge in [0, 0.05) is 10.1 Å². The average molecular weight is 647 g/mol. The molecule has 1 amide bonds. The van der Waals surface area contributed by atoms with Crippen molar-refractivity contribution in [1.29, 1.82) is 5.26 Å². The SMILES string of the molecule is CCOc1cc(/C=C(/C#N)C(=O)NCc2ccc(OC)cc2)cc(Br)c1OCc1ccc(I)cc1. The van der Waals surface area contributed by atoms with Crippen LogP contribution in [0.2, 0.25) is 0 Å². The molecule has 0 aliphatic carbocycles. The average Bonchev–Trinajstić information content (AvgIpc) is 2.87. The van der Waals surface area contributed by atoms with Crippen LogP contribution in [-0.2, 0) is 17.9 Å². The van der Waals surface area contributed by atoms with Crippen molar-refractivity contribution in [2.24, 2.45) is 0 Å². The molecular formula is C27H24BrIN2O4. The van der Waals surface area contributed by atoms with Gasteiger partial charge in [-0.25, -0.2) is 0 Å². The number of amides is 1. The minimum atomic E-state index is -0.462. The molecule has 3 aromatic rings. The second kappa shape index (κ2) is 13.2. The lowest BCUT2D eigenvalue weighted by Gasteiger charge is -2.15. The van der Waals surface area contributed by atoms with Crippen LogP contribution in [0.15, 0.2) is 70.7 Å². The Labute approximate surface area is 227 Å². The van der Waals surface area contributed by atoms with E-state index in [4.69, 9.17) is 14.2 Å². The van der Waals surface area contributed by atoms with E-state index >= 15 is 0 Å². The standard InChI is InChI=1S/C27H24BrIN2O4/c1-3-34-25-14-20(13-24(28)26(25)35-17-19-4-8-22(29)9-5-19)12-21(15-30)27(32)31-16-18-6-10-23(33-2)11-7-18/h4-14H,3,16-17H2,1-2H3,(H,31,32)/b21-12-. The lowest BCUT2D eigenvalue weighted by atomic mass is 10.1. The fourth-order valence-electron chi connectivity index (χ4n) is 3.15. The summed E-state index contributed by atoms with van der Waals surface area (Å²) in [6, 6.07) is 20.9. The molecule has 0 atom stereocenters. The molecule has 1 N–H and O–H groups in total. The molecule has 0 aliphatic heterocycles. The van der Waals surface area contributed by atoms with E-state index in [9.17, 15) is 10.1 Å². The topological polar surface area (TPSA) is 80.6 Å². The van der Waals surface area contributed by atoms with Crippen LogP contribution in [0.3, 0.4) is 0 Å². The first kappa shape index (κ1) is 26.6. The Morgan fingerprint density at radius 3 is 2.40 bits per heavy atom. The zero-order valence-corrected chi connectivity index (χ0v) is 23.1. The van der Waals surface area contributed by atoms with Gasteiger partial charge in [0.15, 0.2) is 11.5 Å². The maximum atomic E-state index is 12.6. The Balaban J connectivity index is 1.75. The molecule has 0 bridgehead atoms. The minimum absolute atomic E-state index is 0.0135. The molecule has 0 fully saturated rings. The Bertz CT molecular complexity index is 1240. The number of nitrogens with one attached hydrogen (secondary N) is 1. The van der Waals surface area contributed by atoms with Crippen LogP contribution in [0.25, 0.3) is 6.08 Å². The van der Waals surface area contributed by atoms with Crippen LogP contribution in [-0.4, -0.2) is 19.6 Å². The Kier molecular flexibility index (Phi) is 9.99. The van der Waals surface area contributed by atoms with Crippen molar-refractivity contribution in [2.75, 3.05) is 13.7 Å². The van der Waals surface area contributed by atoms with E-state index in [0.717, 1.165) is 20.4 Å². The van der Waals surface area contributed by atoms with Crippen molar-refractivity contribution in [2.45, 2.75) is 20.1 Å². The number of ether oxygens (including phenoxy) is 3. The van der Waals surface area contributed by atoms with E-state index in [0.29, 0.717) is 41.3 Å². The normalized spacial score (nSPS) is 10.9. The number of benzene rings is 3. The van der Waals surface area contributed by atoms with Gasteiger partial charge < -0.3 is 19.5 Å². The van der Waals surface area contributed by atoms with Gasteiger partial charge in [-0.1, -0.05) is 24.3 Å². The highest BCUT2D eigenvalue weighted by atomic mass is 127. The van der Waals surface area contributed by atoms with Gasteiger partial charge in [0.2, 0.25) is 0 Å². The minimum Gasteiger partial charge on any atom is -0.497 e. The number of rotatable bonds is 10. The summed E-state index contributed by atoms with van der Waals surface area (Å²) in [5.41, 5.74) is 2.55. The number of hydrogen-bond acceptors (Lipinski definition) is 5. The summed E-state index contributed by atoms with van der Waals surface area (Å²) in [5.74, 6) is 1.36. The molecule has 8 heteroatoms. The molecule has 0 radical (unpaired) electrons. The highest BCUT2D eigenvalue weighted by Gasteiger charge is 2.15. The molecule has 3 aromatic carbocycles. The zero-order chi connectivity index (χ0) is 25.2. The van der Waals surface area contributed by atoms with Crippen LogP contribution in [0.1, 0.15) is 23.6 Å². The van der Waals surface area contributed by atoms with Gasteiger partial charge in [-0.05, 0) is 105 Å². The second-order valence-electron chi connectivity index (χ2n) is 7.38. The van der Waals surface area contributed by atoms with Crippen LogP contribution in [0.4, 0.5) is 0 Å². The largest absolute Gasteiger partial charge is 0.497 e. The zero-order valence-electron chi connectivity index (χ0n) is 19.3. The quantitative estimate of drug-likeness (QED) is 0.160. The predicted octanol–water partition coefficient (Wildman–Crippen LogP) is 6.26. The second-order valence-corrected chi connectivity index (χ2v) is 9.48. The Morgan fingerprint density at radius 2 is 1.77 bits per heavy atom. The van der Waals surface area contributed by atoms with Gasteiger partial charge in [-0.3, -0.25) is 4.79 Å². The van der Waals surface area contributed by atoms with Gasteiger partial charge in [0.05, 0.1) is 18.2 Å². The first-order chi connectivity index (χ1) is 16.9. The molecule has 6 nitrogen and oxygen atoms in total. The molecule has 0 aliphatic rings. The van der Waals surface area contributed by atoms with E-state index < -0.39 is 5.91 Å². The maximum absolute atomic E-state index is 12.6. The van der Waals surface area contributed by atoms with Gasteiger partial charge in [0.1, 0.15) is 24.0 Å². The molecule has 0 saturated heterocycles. The highest BCUT2D eigenvalue weighted by Crippen LogP contribution is 2.38. The Morgan fingerprint density at radius 1 is 1.09 bits per heavy atom. The fraction of sp³-hybridized carbons (Fsp3) is 0.185. The van der Waals surface area contributed by atoms with Crippen LogP contribution in [0.5, 0.6) is 17.2 Å². The van der Waals surface area contributed by atoms with Crippen LogP contribution < -0.4 is 19.5 Å². The highest BCUT2D eigenvalue weighted by molar-refractivity contribution is 14.1. The summed E-state index contributed by atoms with van der Waals surface area (Å²) in [5, 5.41) is 12.4. The van der Waals surface area contributed by atoms with Crippen molar-refractivity contribution in [1.82, 2.24) is 5.32 Å². The monoisotopic (exact) mass is 646 g/mol. The third-order valence-electron chi connectivity index (χ3n) is 4.92. The van der Waals surface area contributed by atoms with Crippen molar-refractivity contribution in [3.8, 4) is 23.3 Å². The molecular weight excluding hydrogens is 623 g/mol. The van der Waals surface area contributed by atoms with Gasteiger partial charge in [-0.2, -0.15) is 5.26 Å². The van der Waals surface area contributed by atoms with E-state index in [1.165, 1.54) is 6.08 Å². The number of carbonyl (C=O) groups is 1. The third kappa shape index (κ3) is 7.73. The molecule has 3 rings (SSSR count). The predicted molar refractivity (Wildman–Crippen MR) is 147 cm³/mol. The van der Waals surface area contributed by atoms with E-state index in [1.54, 1.807) is 19.2 Å². The van der Waals surface area contributed by atoms with Crippen molar-refractivity contribution in [3.63, 3.8) is 0 Å². The van der Waals surface area contributed by atoms with Crippen LogP contribution >= 0.6 is 38.5 Å². The molecule has 0 saturated carbocycles. The van der Waals surface area contributed by atoms with Gasteiger partial charge >= 0.3 is 0 Å². The van der Waals surface area contributed by atoms with Crippen molar-refractivity contribution in [3.05, 3.63) is 91.0 Å². The molecule has 0 unspecified atom stereocenters. The molecule has 35 heavy (non-hydrogen) atoms. The van der Waals surface area contributed by atoms with Gasteiger partial charge in [-0.15, -0.1) is 0 Å². The lowest BCUT2D eigenvalue weighted by molar-refractivity contribution is -0.117. The number of hydrogen-bond donors (Lipinski definition) is 1. The number of carbonyl (C=O) groups excluding carboxylic acids is 1. The molecule has 0 spiro atoms. The summed E-state index contributed by atoms with van der Waals surface area (Å²) in [7, 11) is 1.60. The first-order valence-electron chi connectivity index (χ1n) is 10.8. The molecule has 180 valence electrons. The van der Waals surface area contributed by atoms with Gasteiger partial charge in [0.25, 0.3) is 5.91 Å². The Hall–Kier alpha value is -3.03. The number of nitriles is 1. The lowest BCUT2D eigenvalue weighted by Crippen LogP contribution is -2.23. The van der Waals surface area contributed by atoms with Crippen LogP contribution in [0, 0.1) is 14.9 Å². The first-order valence-corrected chi connectivity index (χ1v) is 12.7.